The molecule has 0 bridgehead atoms. The standard InChI is InChI=1S/C31H22N2/c1-19-14-25-23-10-6-7-11-29(23)33-30-13-12-22(17-24(30)26(15-19)31(25)33)28-16-20(2)27(18-32-28)21-8-4-3-5-9-21/h3-18H,1-2H3. The van der Waals surface area contributed by atoms with E-state index >= 15 is 0 Å². The molecule has 0 saturated heterocycles. The van der Waals surface area contributed by atoms with Gasteiger partial charge in [0.2, 0.25) is 0 Å². The van der Waals surface area contributed by atoms with Crippen molar-refractivity contribution >= 4 is 38.1 Å². The van der Waals surface area contributed by atoms with Crippen LogP contribution in [0.4, 0.5) is 0 Å². The van der Waals surface area contributed by atoms with Gasteiger partial charge < -0.3 is 4.40 Å². The van der Waals surface area contributed by atoms with E-state index in [9.17, 15) is 0 Å². The second kappa shape index (κ2) is 6.66. The highest BCUT2D eigenvalue weighted by atomic mass is 14.9. The molecule has 0 atom stereocenters. The fraction of sp³-hybridized carbons (Fsp3) is 0.0645. The zero-order chi connectivity index (χ0) is 22.1. The number of para-hydroxylation sites is 1. The first-order valence-electron chi connectivity index (χ1n) is 11.4. The maximum Gasteiger partial charge on any atom is 0.0705 e. The second-order valence-corrected chi connectivity index (χ2v) is 9.04. The van der Waals surface area contributed by atoms with Gasteiger partial charge in [0.1, 0.15) is 0 Å². The monoisotopic (exact) mass is 422 g/mol. The Morgan fingerprint density at radius 2 is 1.33 bits per heavy atom. The largest absolute Gasteiger partial charge is 0.308 e. The van der Waals surface area contributed by atoms with E-state index < -0.39 is 0 Å². The van der Waals surface area contributed by atoms with Crippen LogP contribution in [0, 0.1) is 13.8 Å². The number of hydrogen-bond acceptors (Lipinski definition) is 1. The fourth-order valence-corrected chi connectivity index (χ4v) is 5.44. The maximum atomic E-state index is 4.86. The van der Waals surface area contributed by atoms with E-state index in [4.69, 9.17) is 4.98 Å². The highest BCUT2D eigenvalue weighted by Gasteiger charge is 2.18. The molecular weight excluding hydrogens is 400 g/mol. The zero-order valence-electron chi connectivity index (χ0n) is 18.6. The van der Waals surface area contributed by atoms with E-state index in [-0.39, 0.29) is 0 Å². The number of aryl methyl sites for hydroxylation is 2. The van der Waals surface area contributed by atoms with Gasteiger partial charge in [-0.15, -0.1) is 0 Å². The minimum absolute atomic E-state index is 1.01. The van der Waals surface area contributed by atoms with E-state index in [0.29, 0.717) is 0 Å². The first kappa shape index (κ1) is 18.4. The fourth-order valence-electron chi connectivity index (χ4n) is 5.44. The number of rotatable bonds is 2. The van der Waals surface area contributed by atoms with Crippen molar-refractivity contribution in [2.45, 2.75) is 13.8 Å². The molecule has 0 radical (unpaired) electrons. The number of hydrogen-bond donors (Lipinski definition) is 0. The zero-order valence-corrected chi connectivity index (χ0v) is 18.6. The van der Waals surface area contributed by atoms with Crippen LogP contribution in [0.25, 0.3) is 60.5 Å². The van der Waals surface area contributed by atoms with Gasteiger partial charge in [-0.25, -0.2) is 0 Å². The smallest absolute Gasteiger partial charge is 0.0705 e. The summed E-state index contributed by atoms with van der Waals surface area (Å²) in [6.45, 7) is 4.36. The Labute approximate surface area is 192 Å². The molecule has 0 fully saturated rings. The topological polar surface area (TPSA) is 17.3 Å². The summed E-state index contributed by atoms with van der Waals surface area (Å²) in [4.78, 5) is 4.86. The summed E-state index contributed by atoms with van der Waals surface area (Å²) in [7, 11) is 0. The first-order valence-corrected chi connectivity index (χ1v) is 11.4. The molecule has 0 aliphatic carbocycles. The summed E-state index contributed by atoms with van der Waals surface area (Å²) >= 11 is 0. The van der Waals surface area contributed by atoms with Gasteiger partial charge in [0, 0.05) is 38.9 Å². The Balaban J connectivity index is 1.47. The molecule has 0 spiro atoms. The lowest BCUT2D eigenvalue weighted by Gasteiger charge is -2.09. The first-order chi connectivity index (χ1) is 16.2. The predicted molar refractivity (Wildman–Crippen MR) is 139 cm³/mol. The third-order valence-electron chi connectivity index (χ3n) is 6.93. The van der Waals surface area contributed by atoms with E-state index in [1.807, 2.05) is 12.3 Å². The van der Waals surface area contributed by atoms with Crippen molar-refractivity contribution in [2.24, 2.45) is 0 Å². The van der Waals surface area contributed by atoms with E-state index in [0.717, 1.165) is 11.3 Å². The normalized spacial score (nSPS) is 11.9. The molecule has 0 aliphatic rings. The molecule has 0 unspecified atom stereocenters. The Morgan fingerprint density at radius 1 is 0.606 bits per heavy atom. The molecule has 0 amide bonds. The van der Waals surface area contributed by atoms with Crippen molar-refractivity contribution in [3.05, 3.63) is 108 Å². The lowest BCUT2D eigenvalue weighted by Crippen LogP contribution is -1.90. The quantitative estimate of drug-likeness (QED) is 0.274. The average molecular weight is 423 g/mol. The summed E-state index contributed by atoms with van der Waals surface area (Å²) in [5.41, 5.74) is 10.9. The molecule has 2 nitrogen and oxygen atoms in total. The van der Waals surface area contributed by atoms with Gasteiger partial charge >= 0.3 is 0 Å². The van der Waals surface area contributed by atoms with Crippen LogP contribution in [0.5, 0.6) is 0 Å². The number of aromatic nitrogens is 2. The van der Waals surface area contributed by atoms with Crippen molar-refractivity contribution in [3.63, 3.8) is 0 Å². The van der Waals surface area contributed by atoms with E-state index in [1.165, 1.54) is 60.3 Å². The molecule has 0 aliphatic heterocycles. The van der Waals surface area contributed by atoms with Crippen molar-refractivity contribution in [2.75, 3.05) is 0 Å². The number of nitrogens with zero attached hydrogens (tertiary/aromatic N) is 2. The van der Waals surface area contributed by atoms with Gasteiger partial charge in [0.05, 0.1) is 22.2 Å². The summed E-state index contributed by atoms with van der Waals surface area (Å²) in [6, 6.07) is 32.8. The Morgan fingerprint density at radius 3 is 2.15 bits per heavy atom. The van der Waals surface area contributed by atoms with Crippen LogP contribution in [0.15, 0.2) is 97.2 Å². The van der Waals surface area contributed by atoms with Crippen LogP contribution in [-0.2, 0) is 0 Å². The highest BCUT2D eigenvalue weighted by Crippen LogP contribution is 2.40. The average Bonchev–Trinajstić information content (AvgIpc) is 3.35. The molecule has 0 N–H and O–H groups in total. The Kier molecular flexibility index (Phi) is 3.72. The van der Waals surface area contributed by atoms with Crippen LogP contribution >= 0.6 is 0 Å². The summed E-state index contributed by atoms with van der Waals surface area (Å²) in [5, 5.41) is 5.25. The lowest BCUT2D eigenvalue weighted by molar-refractivity contribution is 1.29. The Bertz CT molecular complexity index is 1820. The van der Waals surface area contributed by atoms with Crippen molar-refractivity contribution in [1.29, 1.82) is 0 Å². The summed E-state index contributed by atoms with van der Waals surface area (Å²) in [6.07, 6.45) is 2.01. The van der Waals surface area contributed by atoms with Crippen molar-refractivity contribution < 1.29 is 0 Å². The van der Waals surface area contributed by atoms with Gasteiger partial charge in [-0.3, -0.25) is 4.98 Å². The predicted octanol–water partition coefficient (Wildman–Crippen LogP) is 8.18. The third-order valence-corrected chi connectivity index (χ3v) is 6.93. The molecule has 2 heteroatoms. The van der Waals surface area contributed by atoms with Crippen molar-refractivity contribution in [1.82, 2.24) is 9.38 Å². The van der Waals surface area contributed by atoms with Gasteiger partial charge in [-0.1, -0.05) is 54.6 Å². The molecule has 7 aromatic rings. The lowest BCUT2D eigenvalue weighted by atomic mass is 9.99. The minimum Gasteiger partial charge on any atom is -0.308 e. The summed E-state index contributed by atoms with van der Waals surface area (Å²) in [5.74, 6) is 0. The molecule has 4 aromatic carbocycles. The van der Waals surface area contributed by atoms with Crippen LogP contribution in [-0.4, -0.2) is 9.38 Å². The van der Waals surface area contributed by atoms with Gasteiger partial charge in [0.15, 0.2) is 0 Å². The summed E-state index contributed by atoms with van der Waals surface area (Å²) < 4.78 is 2.43. The minimum atomic E-state index is 1.01. The number of fused-ring (bicyclic) bond motifs is 6. The van der Waals surface area contributed by atoms with Crippen molar-refractivity contribution in [3.8, 4) is 22.4 Å². The SMILES string of the molecule is Cc1cc2c3ccccc3n3c4ccc(-c5cc(C)c(-c6ccccc6)cn5)cc4c(c1)c23. The van der Waals surface area contributed by atoms with Crippen LogP contribution in [0.3, 0.4) is 0 Å². The molecule has 7 rings (SSSR count). The third kappa shape index (κ3) is 2.58. The van der Waals surface area contributed by atoms with E-state index in [1.54, 1.807) is 0 Å². The molecule has 33 heavy (non-hydrogen) atoms. The van der Waals surface area contributed by atoms with E-state index in [2.05, 4.69) is 103 Å². The number of pyridine rings is 1. The highest BCUT2D eigenvalue weighted by molar-refractivity contribution is 6.23. The van der Waals surface area contributed by atoms with Crippen LogP contribution in [0.2, 0.25) is 0 Å². The molecule has 0 saturated carbocycles. The molecular formula is C31H22N2. The molecule has 3 aromatic heterocycles. The maximum absolute atomic E-state index is 4.86. The number of benzene rings is 4. The molecule has 3 heterocycles. The molecule has 156 valence electrons. The Hall–Kier alpha value is -4.17. The van der Waals surface area contributed by atoms with Crippen LogP contribution < -0.4 is 0 Å². The van der Waals surface area contributed by atoms with Gasteiger partial charge in [0.25, 0.3) is 0 Å². The second-order valence-electron chi connectivity index (χ2n) is 9.04. The van der Waals surface area contributed by atoms with Gasteiger partial charge in [-0.2, -0.15) is 0 Å². The van der Waals surface area contributed by atoms with Crippen LogP contribution in [0.1, 0.15) is 11.1 Å². The van der Waals surface area contributed by atoms with Gasteiger partial charge in [-0.05, 0) is 66.9 Å².